The first-order valence-corrected chi connectivity index (χ1v) is 12.0. The van der Waals surface area contributed by atoms with Crippen LogP contribution >= 0.6 is 0 Å². The first kappa shape index (κ1) is 24.9. The number of rotatable bonds is 7. The molecule has 1 N–H and O–H groups in total. The van der Waals surface area contributed by atoms with E-state index in [-0.39, 0.29) is 12.3 Å². The van der Waals surface area contributed by atoms with E-state index in [9.17, 15) is 10.1 Å². The van der Waals surface area contributed by atoms with Crippen molar-refractivity contribution in [3.8, 4) is 11.8 Å². The summed E-state index contributed by atoms with van der Waals surface area (Å²) in [4.78, 5) is 18.5. The summed E-state index contributed by atoms with van der Waals surface area (Å²) in [5.41, 5.74) is 0.467. The Balaban J connectivity index is 2.07. The quantitative estimate of drug-likeness (QED) is 0.352. The highest BCUT2D eigenvalue weighted by molar-refractivity contribution is 5.92. The number of fused-ring (bicyclic) bond motifs is 1. The highest BCUT2D eigenvalue weighted by Gasteiger charge is 2.50. The van der Waals surface area contributed by atoms with Gasteiger partial charge in [-0.25, -0.2) is 0 Å². The molecule has 0 radical (unpaired) electrons. The standard InChI is InChI=1S/C31H31N3O2/c1-30(2,3)34-29(35)31(21-32,19-22-11-10-18-33-20-22)28(26-15-7-8-17-27(26)36-4)25-16-9-13-23-12-5-6-14-24(23)25/h5-18,20,28H,19H2,1-4H3,(H,34,35). The Morgan fingerprint density at radius 1 is 0.972 bits per heavy atom. The van der Waals surface area contributed by atoms with Gasteiger partial charge in [0.05, 0.1) is 13.2 Å². The number of nitrogens with zero attached hydrogens (tertiary/aromatic N) is 2. The maximum Gasteiger partial charge on any atom is 0.242 e. The van der Waals surface area contributed by atoms with Gasteiger partial charge in [0, 0.05) is 35.8 Å². The van der Waals surface area contributed by atoms with E-state index in [4.69, 9.17) is 4.74 Å². The van der Waals surface area contributed by atoms with Crippen LogP contribution in [0.25, 0.3) is 10.8 Å². The van der Waals surface area contributed by atoms with Crippen molar-refractivity contribution >= 4 is 16.7 Å². The predicted molar refractivity (Wildman–Crippen MR) is 143 cm³/mol. The number of benzene rings is 3. The van der Waals surface area contributed by atoms with E-state index < -0.39 is 16.9 Å². The van der Waals surface area contributed by atoms with Crippen molar-refractivity contribution in [2.45, 2.75) is 38.6 Å². The lowest BCUT2D eigenvalue weighted by Gasteiger charge is -2.38. The highest BCUT2D eigenvalue weighted by Crippen LogP contribution is 2.48. The van der Waals surface area contributed by atoms with Crippen molar-refractivity contribution in [1.29, 1.82) is 5.26 Å². The molecule has 2 unspecified atom stereocenters. The topological polar surface area (TPSA) is 75.0 Å². The minimum Gasteiger partial charge on any atom is -0.496 e. The molecular weight excluding hydrogens is 446 g/mol. The molecule has 0 spiro atoms. The molecule has 0 saturated carbocycles. The van der Waals surface area contributed by atoms with E-state index in [2.05, 4.69) is 16.4 Å². The number of para-hydroxylation sites is 1. The molecule has 36 heavy (non-hydrogen) atoms. The first-order valence-electron chi connectivity index (χ1n) is 12.0. The highest BCUT2D eigenvalue weighted by atomic mass is 16.5. The van der Waals surface area contributed by atoms with Crippen molar-refractivity contribution in [3.63, 3.8) is 0 Å². The molecular formula is C31H31N3O2. The summed E-state index contributed by atoms with van der Waals surface area (Å²) in [6.07, 6.45) is 3.60. The number of nitriles is 1. The fourth-order valence-corrected chi connectivity index (χ4v) is 4.85. The average Bonchev–Trinajstić information content (AvgIpc) is 2.88. The van der Waals surface area contributed by atoms with Gasteiger partial charge in [-0.1, -0.05) is 66.7 Å². The third-order valence-electron chi connectivity index (χ3n) is 6.38. The molecule has 0 fully saturated rings. The number of nitrogens with one attached hydrogen (secondary N) is 1. The number of carbonyl (C=O) groups excluding carboxylic acids is 1. The second-order valence-corrected chi connectivity index (χ2v) is 10.1. The summed E-state index contributed by atoms with van der Waals surface area (Å²) in [5, 5.41) is 16.1. The maximum absolute atomic E-state index is 14.2. The summed E-state index contributed by atoms with van der Waals surface area (Å²) >= 11 is 0. The van der Waals surface area contributed by atoms with Crippen LogP contribution in [0.1, 0.15) is 43.4 Å². The van der Waals surface area contributed by atoms with Crippen molar-refractivity contribution in [3.05, 3.63) is 108 Å². The Labute approximate surface area is 212 Å². The fourth-order valence-electron chi connectivity index (χ4n) is 4.85. The monoisotopic (exact) mass is 477 g/mol. The Morgan fingerprint density at radius 3 is 2.36 bits per heavy atom. The number of hydrogen-bond acceptors (Lipinski definition) is 4. The predicted octanol–water partition coefficient (Wildman–Crippen LogP) is 6.04. The molecule has 3 aromatic carbocycles. The van der Waals surface area contributed by atoms with Crippen LogP contribution in [0, 0.1) is 16.7 Å². The van der Waals surface area contributed by atoms with Crippen LogP contribution in [-0.4, -0.2) is 23.5 Å². The van der Waals surface area contributed by atoms with Gasteiger partial charge in [0.2, 0.25) is 5.91 Å². The SMILES string of the molecule is COc1ccccc1C(c1cccc2ccccc12)C(C#N)(Cc1cccnc1)C(=O)NC(C)(C)C. The molecule has 1 amide bonds. The number of methoxy groups -OCH3 is 1. The van der Waals surface area contributed by atoms with Gasteiger partial charge in [0.15, 0.2) is 5.41 Å². The van der Waals surface area contributed by atoms with Gasteiger partial charge < -0.3 is 10.1 Å². The Kier molecular flexibility index (Phi) is 7.07. The van der Waals surface area contributed by atoms with Gasteiger partial charge in [-0.3, -0.25) is 9.78 Å². The van der Waals surface area contributed by atoms with Gasteiger partial charge in [-0.05, 0) is 54.8 Å². The number of aromatic nitrogens is 1. The lowest BCUT2D eigenvalue weighted by atomic mass is 9.65. The van der Waals surface area contributed by atoms with Crippen LogP contribution in [-0.2, 0) is 11.2 Å². The van der Waals surface area contributed by atoms with E-state index in [1.54, 1.807) is 19.5 Å². The van der Waals surface area contributed by atoms with E-state index in [1.807, 2.05) is 99.6 Å². The molecule has 0 aliphatic rings. The Hall–Kier alpha value is -4.17. The van der Waals surface area contributed by atoms with Gasteiger partial charge in [0.25, 0.3) is 0 Å². The van der Waals surface area contributed by atoms with Crippen LogP contribution in [0.2, 0.25) is 0 Å². The van der Waals surface area contributed by atoms with Crippen LogP contribution in [0.4, 0.5) is 0 Å². The minimum absolute atomic E-state index is 0.186. The molecule has 1 aromatic heterocycles. The smallest absolute Gasteiger partial charge is 0.242 e. The van der Waals surface area contributed by atoms with E-state index in [0.717, 1.165) is 27.5 Å². The van der Waals surface area contributed by atoms with Gasteiger partial charge in [-0.2, -0.15) is 5.26 Å². The summed E-state index contributed by atoms with van der Waals surface area (Å²) in [5.74, 6) is -0.317. The average molecular weight is 478 g/mol. The third-order valence-corrected chi connectivity index (χ3v) is 6.38. The lowest BCUT2D eigenvalue weighted by molar-refractivity contribution is -0.130. The number of amides is 1. The molecule has 0 aliphatic carbocycles. The van der Waals surface area contributed by atoms with Crippen molar-refractivity contribution < 1.29 is 9.53 Å². The molecule has 0 aliphatic heterocycles. The molecule has 2 atom stereocenters. The number of ether oxygens (including phenoxy) is 1. The number of pyridine rings is 1. The molecule has 0 saturated heterocycles. The maximum atomic E-state index is 14.2. The summed E-state index contributed by atoms with van der Waals surface area (Å²) in [6.45, 7) is 5.77. The first-order chi connectivity index (χ1) is 17.3. The van der Waals surface area contributed by atoms with Crippen LogP contribution in [0.3, 0.4) is 0 Å². The Morgan fingerprint density at radius 2 is 1.67 bits per heavy atom. The van der Waals surface area contributed by atoms with Gasteiger partial charge >= 0.3 is 0 Å². The lowest BCUT2D eigenvalue weighted by Crippen LogP contribution is -2.52. The van der Waals surface area contributed by atoms with E-state index in [1.165, 1.54) is 0 Å². The van der Waals surface area contributed by atoms with E-state index >= 15 is 0 Å². The second kappa shape index (κ2) is 10.2. The second-order valence-electron chi connectivity index (χ2n) is 10.1. The van der Waals surface area contributed by atoms with Crippen LogP contribution < -0.4 is 10.1 Å². The molecule has 0 bridgehead atoms. The fraction of sp³-hybridized carbons (Fsp3) is 0.258. The zero-order valence-electron chi connectivity index (χ0n) is 21.2. The van der Waals surface area contributed by atoms with Crippen molar-refractivity contribution in [2.75, 3.05) is 7.11 Å². The summed E-state index contributed by atoms with van der Waals surface area (Å²) in [7, 11) is 1.61. The zero-order chi connectivity index (χ0) is 25.8. The van der Waals surface area contributed by atoms with Crippen molar-refractivity contribution in [1.82, 2.24) is 10.3 Å². The summed E-state index contributed by atoms with van der Waals surface area (Å²) < 4.78 is 5.78. The van der Waals surface area contributed by atoms with Gasteiger partial charge in [-0.15, -0.1) is 0 Å². The molecule has 1 heterocycles. The molecule has 5 nitrogen and oxygen atoms in total. The Bertz CT molecular complexity index is 1400. The number of carbonyl (C=O) groups is 1. The normalized spacial score (nSPS) is 13.9. The molecule has 182 valence electrons. The van der Waals surface area contributed by atoms with Crippen LogP contribution in [0.5, 0.6) is 5.75 Å². The summed E-state index contributed by atoms with van der Waals surface area (Å²) in [6, 6.07) is 28.0. The third kappa shape index (κ3) is 4.94. The van der Waals surface area contributed by atoms with Crippen LogP contribution in [0.15, 0.2) is 91.3 Å². The minimum atomic E-state index is -1.49. The zero-order valence-corrected chi connectivity index (χ0v) is 21.2. The van der Waals surface area contributed by atoms with E-state index in [0.29, 0.717) is 5.75 Å². The number of hydrogen-bond donors (Lipinski definition) is 1. The van der Waals surface area contributed by atoms with Crippen molar-refractivity contribution in [2.24, 2.45) is 5.41 Å². The molecule has 4 aromatic rings. The van der Waals surface area contributed by atoms with Gasteiger partial charge in [0.1, 0.15) is 5.75 Å². The largest absolute Gasteiger partial charge is 0.496 e. The molecule has 5 heteroatoms. The molecule has 4 rings (SSSR count).